The number of H-pyrrole nitrogens is 1. The van der Waals surface area contributed by atoms with Crippen LogP contribution in [0.5, 0.6) is 0 Å². The Balaban J connectivity index is 1.24. The zero-order valence-corrected chi connectivity index (χ0v) is 21.5. The van der Waals surface area contributed by atoms with Crippen LogP contribution in [0.25, 0.3) is 11.0 Å². The average Bonchev–Trinajstić information content (AvgIpc) is 3.47. The quantitative estimate of drug-likeness (QED) is 0.353. The Kier molecular flexibility index (Phi) is 6.23. The lowest BCUT2D eigenvalue weighted by atomic mass is 9.83. The summed E-state index contributed by atoms with van der Waals surface area (Å²) in [5.74, 6) is 0.0741. The summed E-state index contributed by atoms with van der Waals surface area (Å²) in [7, 11) is -3.70. The fourth-order valence-electron chi connectivity index (χ4n) is 5.52. The number of aromatic nitrogens is 2. The second-order valence-electron chi connectivity index (χ2n) is 10.1. The molecule has 1 saturated heterocycles. The van der Waals surface area contributed by atoms with Crippen LogP contribution in [0.15, 0.2) is 72.8 Å². The number of rotatable bonds is 6. The number of carbonyl (C=O) groups is 2. The molecule has 1 aliphatic heterocycles. The van der Waals surface area contributed by atoms with Gasteiger partial charge in [-0.3, -0.25) is 14.3 Å². The van der Waals surface area contributed by atoms with E-state index in [4.69, 9.17) is 4.98 Å². The lowest BCUT2D eigenvalue weighted by Gasteiger charge is -2.26. The van der Waals surface area contributed by atoms with Gasteiger partial charge in [-0.15, -0.1) is 0 Å². The number of nitrogens with zero attached hydrogens (tertiary/aromatic N) is 1. The Morgan fingerprint density at radius 2 is 1.71 bits per heavy atom. The summed E-state index contributed by atoms with van der Waals surface area (Å²) in [6, 6.07) is 22.8. The second kappa shape index (κ2) is 9.72. The molecular formula is C29H28N4O4S. The van der Waals surface area contributed by atoms with Crippen LogP contribution in [-0.4, -0.2) is 30.2 Å². The molecule has 2 unspecified atom stereocenters. The molecule has 1 fully saturated rings. The van der Waals surface area contributed by atoms with Crippen LogP contribution in [-0.2, 0) is 38.9 Å². The SMILES string of the molecule is O=C1CC(c2ccc(C[C@H](NC(=O)C3CCc4ccccc4C3)c3nc4ccccc4[nH]3)cc2)S(=O)(=O)N1. The van der Waals surface area contributed by atoms with Crippen molar-refractivity contribution in [2.24, 2.45) is 5.92 Å². The van der Waals surface area contributed by atoms with Crippen LogP contribution >= 0.6 is 0 Å². The Bertz CT molecular complexity index is 1590. The molecule has 0 spiro atoms. The lowest BCUT2D eigenvalue weighted by Crippen LogP contribution is -2.37. The first-order valence-corrected chi connectivity index (χ1v) is 14.4. The highest BCUT2D eigenvalue weighted by atomic mass is 32.2. The first kappa shape index (κ1) is 24.4. The number of hydrogen-bond acceptors (Lipinski definition) is 5. The lowest BCUT2D eigenvalue weighted by molar-refractivity contribution is -0.126. The Hall–Kier alpha value is -3.98. The number of sulfonamides is 1. The highest BCUT2D eigenvalue weighted by Crippen LogP contribution is 2.31. The van der Waals surface area contributed by atoms with Crippen molar-refractivity contribution in [3.05, 3.63) is 101 Å². The molecule has 2 aliphatic rings. The first-order chi connectivity index (χ1) is 18.4. The van der Waals surface area contributed by atoms with E-state index in [1.807, 2.05) is 48.5 Å². The number of hydrogen-bond donors (Lipinski definition) is 3. The van der Waals surface area contributed by atoms with Gasteiger partial charge in [-0.25, -0.2) is 13.4 Å². The average molecular weight is 529 g/mol. The van der Waals surface area contributed by atoms with E-state index in [1.54, 1.807) is 12.1 Å². The zero-order chi connectivity index (χ0) is 26.3. The molecule has 0 bridgehead atoms. The van der Waals surface area contributed by atoms with Gasteiger partial charge in [-0.2, -0.15) is 0 Å². The van der Waals surface area contributed by atoms with Crippen LogP contribution in [0.3, 0.4) is 0 Å². The molecule has 4 aromatic rings. The number of benzene rings is 3. The molecule has 3 atom stereocenters. The fourth-order valence-corrected chi connectivity index (χ4v) is 6.94. The summed E-state index contributed by atoms with van der Waals surface area (Å²) in [4.78, 5) is 33.2. The minimum atomic E-state index is -3.70. The van der Waals surface area contributed by atoms with Crippen LogP contribution in [0, 0.1) is 5.92 Å². The molecule has 2 heterocycles. The number of para-hydroxylation sites is 2. The summed E-state index contributed by atoms with van der Waals surface area (Å²) < 4.78 is 26.6. The van der Waals surface area contributed by atoms with Crippen LogP contribution in [0.1, 0.15) is 52.2 Å². The van der Waals surface area contributed by atoms with Gasteiger partial charge in [0.2, 0.25) is 21.8 Å². The van der Waals surface area contributed by atoms with Crippen molar-refractivity contribution in [1.29, 1.82) is 0 Å². The fraction of sp³-hybridized carbons (Fsp3) is 0.276. The Morgan fingerprint density at radius 1 is 0.974 bits per heavy atom. The molecule has 9 heteroatoms. The van der Waals surface area contributed by atoms with Gasteiger partial charge in [0, 0.05) is 5.92 Å². The highest BCUT2D eigenvalue weighted by molar-refractivity contribution is 7.90. The van der Waals surface area contributed by atoms with Gasteiger partial charge in [-0.1, -0.05) is 60.7 Å². The van der Waals surface area contributed by atoms with E-state index in [2.05, 4.69) is 27.2 Å². The first-order valence-electron chi connectivity index (χ1n) is 12.8. The topological polar surface area (TPSA) is 121 Å². The number of aryl methyl sites for hydroxylation is 1. The number of imidazole rings is 1. The summed E-state index contributed by atoms with van der Waals surface area (Å²) in [5.41, 5.74) is 5.75. The minimum absolute atomic E-state index is 0.00298. The predicted octanol–water partition coefficient (Wildman–Crippen LogP) is 3.66. The van der Waals surface area contributed by atoms with Crippen LogP contribution in [0.4, 0.5) is 0 Å². The van der Waals surface area contributed by atoms with E-state index in [-0.39, 0.29) is 18.2 Å². The molecule has 0 saturated carbocycles. The number of carbonyl (C=O) groups excluding carboxylic acids is 2. The maximum absolute atomic E-state index is 13.5. The van der Waals surface area contributed by atoms with Gasteiger partial charge in [0.05, 0.1) is 23.5 Å². The summed E-state index contributed by atoms with van der Waals surface area (Å²) in [6.07, 6.45) is 2.79. The van der Waals surface area contributed by atoms with Gasteiger partial charge in [-0.05, 0) is 60.1 Å². The minimum Gasteiger partial charge on any atom is -0.346 e. The molecule has 194 valence electrons. The normalized spacial score (nSPS) is 21.0. The van der Waals surface area contributed by atoms with Crippen LogP contribution < -0.4 is 10.0 Å². The van der Waals surface area contributed by atoms with Gasteiger partial charge in [0.25, 0.3) is 0 Å². The van der Waals surface area contributed by atoms with Crippen molar-refractivity contribution < 1.29 is 18.0 Å². The summed E-state index contributed by atoms with van der Waals surface area (Å²) in [5, 5.41) is 2.36. The van der Waals surface area contributed by atoms with Crippen molar-refractivity contribution in [3.63, 3.8) is 0 Å². The van der Waals surface area contributed by atoms with Crippen molar-refractivity contribution in [2.45, 2.75) is 43.4 Å². The Labute approximate surface area is 220 Å². The van der Waals surface area contributed by atoms with E-state index in [1.165, 1.54) is 11.1 Å². The maximum atomic E-state index is 13.5. The molecule has 3 N–H and O–H groups in total. The van der Waals surface area contributed by atoms with Crippen molar-refractivity contribution in [1.82, 2.24) is 20.0 Å². The molecular weight excluding hydrogens is 500 g/mol. The zero-order valence-electron chi connectivity index (χ0n) is 20.7. The molecule has 1 aromatic heterocycles. The predicted molar refractivity (Wildman–Crippen MR) is 144 cm³/mol. The summed E-state index contributed by atoms with van der Waals surface area (Å²) in [6.45, 7) is 0. The van der Waals surface area contributed by atoms with Gasteiger partial charge in [0.1, 0.15) is 11.1 Å². The third-order valence-corrected chi connectivity index (χ3v) is 9.26. The molecule has 6 rings (SSSR count). The van der Waals surface area contributed by atoms with E-state index >= 15 is 0 Å². The standard InChI is InChI=1S/C29H28N4O4S/c34-27-17-26(38(36,37)33-27)20-11-9-18(10-12-20)15-25(28-30-23-7-3-4-8-24(23)31-28)32-29(35)22-14-13-19-5-1-2-6-21(19)16-22/h1-12,22,25-26H,13-17H2,(H,30,31)(H,32,35)(H,33,34)/t22?,25-,26?/m0/s1. The number of nitrogens with one attached hydrogen (secondary N) is 3. The third kappa shape index (κ3) is 4.81. The van der Waals surface area contributed by atoms with E-state index < -0.39 is 27.2 Å². The van der Waals surface area contributed by atoms with Crippen molar-refractivity contribution in [2.75, 3.05) is 0 Å². The smallest absolute Gasteiger partial charge is 0.242 e. The largest absolute Gasteiger partial charge is 0.346 e. The maximum Gasteiger partial charge on any atom is 0.242 e. The van der Waals surface area contributed by atoms with E-state index in [0.29, 0.717) is 24.2 Å². The van der Waals surface area contributed by atoms with E-state index in [9.17, 15) is 18.0 Å². The van der Waals surface area contributed by atoms with Gasteiger partial charge >= 0.3 is 0 Å². The molecule has 0 radical (unpaired) electrons. The van der Waals surface area contributed by atoms with E-state index in [0.717, 1.165) is 29.4 Å². The molecule has 1 aliphatic carbocycles. The molecule has 2 amide bonds. The molecule has 3 aromatic carbocycles. The highest BCUT2D eigenvalue weighted by Gasteiger charge is 2.37. The number of fused-ring (bicyclic) bond motifs is 2. The van der Waals surface area contributed by atoms with Crippen molar-refractivity contribution >= 4 is 32.9 Å². The number of aromatic amines is 1. The second-order valence-corrected chi connectivity index (χ2v) is 12.0. The van der Waals surface area contributed by atoms with Crippen LogP contribution in [0.2, 0.25) is 0 Å². The molecule has 8 nitrogen and oxygen atoms in total. The monoisotopic (exact) mass is 528 g/mol. The van der Waals surface area contributed by atoms with Gasteiger partial charge in [0.15, 0.2) is 0 Å². The van der Waals surface area contributed by atoms with Gasteiger partial charge < -0.3 is 10.3 Å². The Morgan fingerprint density at radius 3 is 2.45 bits per heavy atom. The number of amides is 2. The third-order valence-electron chi connectivity index (χ3n) is 7.56. The van der Waals surface area contributed by atoms with Crippen molar-refractivity contribution in [3.8, 4) is 0 Å². The molecule has 38 heavy (non-hydrogen) atoms. The summed E-state index contributed by atoms with van der Waals surface area (Å²) >= 11 is 0.